The molecular formula is C36H45N5O5S. The second-order valence-corrected chi connectivity index (χ2v) is 14.3. The minimum Gasteiger partial charge on any atom is -0.381 e. The predicted molar refractivity (Wildman–Crippen MR) is 183 cm³/mol. The van der Waals surface area contributed by atoms with Gasteiger partial charge in [0, 0.05) is 24.0 Å². The molecule has 1 fully saturated rings. The maximum Gasteiger partial charge on any atom is 0.270 e. The number of aldehydes is 1. The Hall–Kier alpha value is -4.06. The van der Waals surface area contributed by atoms with Gasteiger partial charge in [-0.3, -0.25) is 19.4 Å². The predicted octanol–water partition coefficient (Wildman–Crippen LogP) is 3.27. The number of aliphatic hydroxyl groups is 1. The lowest BCUT2D eigenvalue weighted by Gasteiger charge is -2.42. The number of benzene rings is 2. The van der Waals surface area contributed by atoms with Crippen molar-refractivity contribution in [3.63, 3.8) is 0 Å². The van der Waals surface area contributed by atoms with Gasteiger partial charge in [0.2, 0.25) is 5.91 Å². The average Bonchev–Trinajstić information content (AvgIpc) is 3.33. The standard InChI is InChI=1S/C36H45N5O5S/c1-24(2)30(40-32(44)28-17-11-12-18-38-28)33(45)39-29(19-26-14-7-6-8-15-26)31(43)34(46)41-23-47-35(4,5)36(41,22-42)21-37-20-27-16-10-9-13-25(27)3/h6-18,22,24,29-31,37,43H,19-21,23H2,1-5H3,(H,39,45)(H,40,44)/t29?,30?,31-,36?/m0/s1. The molecule has 10 nitrogen and oxygen atoms in total. The zero-order chi connectivity index (χ0) is 34.2. The molecule has 0 aliphatic carbocycles. The van der Waals surface area contributed by atoms with Crippen molar-refractivity contribution in [1.29, 1.82) is 0 Å². The summed E-state index contributed by atoms with van der Waals surface area (Å²) in [4.78, 5) is 59.3. The van der Waals surface area contributed by atoms with E-state index >= 15 is 0 Å². The van der Waals surface area contributed by atoms with E-state index in [0.717, 1.165) is 23.0 Å². The van der Waals surface area contributed by atoms with Crippen molar-refractivity contribution in [3.05, 3.63) is 101 Å². The van der Waals surface area contributed by atoms with Gasteiger partial charge in [-0.1, -0.05) is 74.5 Å². The molecule has 1 aliphatic heterocycles. The maximum atomic E-state index is 14.2. The highest BCUT2D eigenvalue weighted by atomic mass is 32.2. The maximum absolute atomic E-state index is 14.2. The van der Waals surface area contributed by atoms with E-state index in [4.69, 9.17) is 0 Å². The number of aryl methyl sites for hydroxylation is 1. The highest BCUT2D eigenvalue weighted by Crippen LogP contribution is 2.46. The summed E-state index contributed by atoms with van der Waals surface area (Å²) < 4.78 is -0.667. The molecule has 1 saturated heterocycles. The van der Waals surface area contributed by atoms with Gasteiger partial charge in [-0.05, 0) is 61.9 Å². The third-order valence-corrected chi connectivity index (χ3v) is 10.4. The highest BCUT2D eigenvalue weighted by molar-refractivity contribution is 8.01. The van der Waals surface area contributed by atoms with E-state index in [9.17, 15) is 24.3 Å². The minimum absolute atomic E-state index is 0.141. The van der Waals surface area contributed by atoms with Crippen molar-refractivity contribution in [2.45, 2.75) is 76.1 Å². The van der Waals surface area contributed by atoms with Gasteiger partial charge in [-0.2, -0.15) is 0 Å². The molecule has 3 aromatic rings. The first-order chi connectivity index (χ1) is 22.4. The molecule has 250 valence electrons. The van der Waals surface area contributed by atoms with Crippen LogP contribution in [0.4, 0.5) is 0 Å². The van der Waals surface area contributed by atoms with E-state index in [2.05, 4.69) is 20.9 Å². The van der Waals surface area contributed by atoms with Crippen LogP contribution in [0.5, 0.6) is 0 Å². The van der Waals surface area contributed by atoms with Crippen LogP contribution in [0, 0.1) is 12.8 Å². The zero-order valence-corrected chi connectivity index (χ0v) is 28.4. The smallest absolute Gasteiger partial charge is 0.270 e. The quantitative estimate of drug-likeness (QED) is 0.194. The number of nitrogens with zero attached hydrogens (tertiary/aromatic N) is 2. The van der Waals surface area contributed by atoms with E-state index in [0.29, 0.717) is 6.54 Å². The van der Waals surface area contributed by atoms with Crippen molar-refractivity contribution in [1.82, 2.24) is 25.8 Å². The number of rotatable bonds is 14. The Bertz CT molecular complexity index is 1540. The van der Waals surface area contributed by atoms with Crippen molar-refractivity contribution >= 4 is 35.8 Å². The second kappa shape index (κ2) is 15.7. The first kappa shape index (κ1) is 35.8. The molecule has 4 atom stereocenters. The van der Waals surface area contributed by atoms with Crippen LogP contribution in [0.15, 0.2) is 79.0 Å². The fourth-order valence-corrected chi connectivity index (χ4v) is 7.05. The Kier molecular flexibility index (Phi) is 11.9. The number of aromatic nitrogens is 1. The molecule has 3 amide bonds. The van der Waals surface area contributed by atoms with Gasteiger partial charge in [-0.15, -0.1) is 11.8 Å². The number of pyridine rings is 1. The summed E-state index contributed by atoms with van der Waals surface area (Å²) in [5, 5.41) is 20.7. The second-order valence-electron chi connectivity index (χ2n) is 12.8. The summed E-state index contributed by atoms with van der Waals surface area (Å²) in [5.41, 5.74) is 1.88. The molecule has 0 saturated carbocycles. The molecule has 11 heteroatoms. The third kappa shape index (κ3) is 8.27. The zero-order valence-electron chi connectivity index (χ0n) is 27.6. The number of nitrogens with one attached hydrogen (secondary N) is 3. The summed E-state index contributed by atoms with van der Waals surface area (Å²) in [5.74, 6) is -1.84. The molecule has 2 aromatic carbocycles. The van der Waals surface area contributed by atoms with Crippen LogP contribution in [0.25, 0.3) is 0 Å². The molecule has 4 rings (SSSR count). The summed E-state index contributed by atoms with van der Waals surface area (Å²) in [7, 11) is 0. The van der Waals surface area contributed by atoms with Crippen LogP contribution in [-0.4, -0.2) is 79.9 Å². The number of hydrogen-bond acceptors (Lipinski definition) is 8. The summed E-state index contributed by atoms with van der Waals surface area (Å²) in [6.07, 6.45) is 0.758. The van der Waals surface area contributed by atoms with E-state index in [1.807, 2.05) is 75.4 Å². The van der Waals surface area contributed by atoms with Gasteiger partial charge >= 0.3 is 0 Å². The Balaban J connectivity index is 1.57. The molecule has 2 heterocycles. The van der Waals surface area contributed by atoms with Crippen LogP contribution < -0.4 is 16.0 Å². The van der Waals surface area contributed by atoms with Crippen LogP contribution in [0.2, 0.25) is 0 Å². The fraction of sp³-hybridized carbons (Fsp3) is 0.417. The van der Waals surface area contributed by atoms with Crippen LogP contribution in [0.1, 0.15) is 54.9 Å². The molecule has 0 bridgehead atoms. The van der Waals surface area contributed by atoms with Crippen molar-refractivity contribution in [2.24, 2.45) is 5.92 Å². The lowest BCUT2D eigenvalue weighted by molar-refractivity contribution is -0.150. The Morgan fingerprint density at radius 1 is 1.00 bits per heavy atom. The van der Waals surface area contributed by atoms with Gasteiger partial charge < -0.3 is 30.8 Å². The fourth-order valence-electron chi connectivity index (χ4n) is 5.76. The molecule has 0 spiro atoms. The lowest BCUT2D eigenvalue weighted by Crippen LogP contribution is -2.66. The third-order valence-electron chi connectivity index (χ3n) is 8.90. The first-order valence-corrected chi connectivity index (χ1v) is 16.8. The molecule has 4 N–H and O–H groups in total. The van der Waals surface area contributed by atoms with Crippen molar-refractivity contribution in [3.8, 4) is 0 Å². The van der Waals surface area contributed by atoms with E-state index < -0.39 is 46.2 Å². The number of amides is 3. The minimum atomic E-state index is -1.68. The molecule has 1 aliphatic rings. The van der Waals surface area contributed by atoms with Gasteiger partial charge in [0.15, 0.2) is 6.10 Å². The van der Waals surface area contributed by atoms with Gasteiger partial charge in [0.1, 0.15) is 23.6 Å². The normalized spacial score (nSPS) is 19.1. The van der Waals surface area contributed by atoms with E-state index in [-0.39, 0.29) is 30.5 Å². The number of thioether (sulfide) groups is 1. The number of carbonyl (C=O) groups is 4. The molecule has 0 radical (unpaired) electrons. The summed E-state index contributed by atoms with van der Waals surface area (Å²) in [6.45, 7) is 10.1. The largest absolute Gasteiger partial charge is 0.381 e. The number of carbonyl (C=O) groups excluding carboxylic acids is 4. The summed E-state index contributed by atoms with van der Waals surface area (Å²) >= 11 is 1.46. The number of aliphatic hydroxyl groups excluding tert-OH is 1. The van der Waals surface area contributed by atoms with Crippen LogP contribution in [-0.2, 0) is 27.3 Å². The van der Waals surface area contributed by atoms with Crippen LogP contribution >= 0.6 is 11.8 Å². The van der Waals surface area contributed by atoms with Gasteiger partial charge in [0.25, 0.3) is 11.8 Å². The van der Waals surface area contributed by atoms with E-state index in [1.54, 1.807) is 32.0 Å². The van der Waals surface area contributed by atoms with Gasteiger partial charge in [0.05, 0.1) is 11.9 Å². The SMILES string of the molecule is Cc1ccccc1CNCC1(C=O)N(C(=O)[C@@H](O)C(Cc2ccccc2)NC(=O)C(NC(=O)c2ccccn2)C(C)C)CSC1(C)C. The molecule has 47 heavy (non-hydrogen) atoms. The van der Waals surface area contributed by atoms with Crippen molar-refractivity contribution in [2.75, 3.05) is 12.4 Å². The number of hydrogen-bond donors (Lipinski definition) is 4. The Morgan fingerprint density at radius 3 is 2.32 bits per heavy atom. The van der Waals surface area contributed by atoms with Crippen molar-refractivity contribution < 1.29 is 24.3 Å². The Labute approximate surface area is 281 Å². The first-order valence-electron chi connectivity index (χ1n) is 15.8. The summed E-state index contributed by atoms with van der Waals surface area (Å²) in [6, 6.07) is 20.1. The lowest BCUT2D eigenvalue weighted by atomic mass is 9.84. The van der Waals surface area contributed by atoms with E-state index in [1.165, 1.54) is 22.9 Å². The molecule has 1 aromatic heterocycles. The van der Waals surface area contributed by atoms with Gasteiger partial charge in [-0.25, -0.2) is 0 Å². The topological polar surface area (TPSA) is 141 Å². The highest BCUT2D eigenvalue weighted by Gasteiger charge is 2.57. The Morgan fingerprint density at radius 2 is 1.68 bits per heavy atom. The molecular weight excluding hydrogens is 614 g/mol. The van der Waals surface area contributed by atoms with Crippen LogP contribution in [0.3, 0.4) is 0 Å². The average molecular weight is 660 g/mol. The molecule has 3 unspecified atom stereocenters. The monoisotopic (exact) mass is 659 g/mol.